The van der Waals surface area contributed by atoms with Crippen molar-refractivity contribution < 1.29 is 4.84 Å². The molecule has 0 unspecified atom stereocenters. The van der Waals surface area contributed by atoms with E-state index in [1.807, 2.05) is 42.5 Å². The maximum atomic E-state index is 6.37. The van der Waals surface area contributed by atoms with Gasteiger partial charge in [0.25, 0.3) is 0 Å². The summed E-state index contributed by atoms with van der Waals surface area (Å²) in [7, 11) is 4.15. The van der Waals surface area contributed by atoms with Crippen LogP contribution in [0.3, 0.4) is 0 Å². The van der Waals surface area contributed by atoms with Crippen LogP contribution in [-0.2, 0) is 11.3 Å². The van der Waals surface area contributed by atoms with Crippen molar-refractivity contribution in [3.05, 3.63) is 69.7 Å². The molecular formula is C22H28Cl2N2O. The first-order valence-corrected chi connectivity index (χ1v) is 10.2. The molecular weight excluding hydrogens is 379 g/mol. The van der Waals surface area contributed by atoms with Gasteiger partial charge in [-0.1, -0.05) is 64.8 Å². The fraction of sp³-hybridized carbons (Fsp3) is 0.409. The molecule has 0 amide bonds. The molecule has 0 N–H and O–H groups in total. The predicted octanol–water partition coefficient (Wildman–Crippen LogP) is 6.08. The first kappa shape index (κ1) is 21.7. The number of rotatable bonds is 11. The minimum absolute atomic E-state index is 0.617. The summed E-state index contributed by atoms with van der Waals surface area (Å²) in [5.41, 5.74) is 2.98. The largest absolute Gasteiger partial charge is 0.396 e. The van der Waals surface area contributed by atoms with E-state index in [0.29, 0.717) is 11.6 Å². The predicted molar refractivity (Wildman–Crippen MR) is 116 cm³/mol. The molecule has 0 atom stereocenters. The SMILES string of the molecule is CN(C)CCCCO/N=C(\CCCc1ccccc1Cl)c1ccccc1Cl. The summed E-state index contributed by atoms with van der Waals surface area (Å²) in [6.45, 7) is 1.68. The van der Waals surface area contributed by atoms with Crippen molar-refractivity contribution >= 4 is 28.9 Å². The quantitative estimate of drug-likeness (QED) is 0.256. The summed E-state index contributed by atoms with van der Waals surface area (Å²) in [4.78, 5) is 7.77. The zero-order valence-electron chi connectivity index (χ0n) is 16.1. The van der Waals surface area contributed by atoms with E-state index in [0.717, 1.165) is 60.5 Å². The minimum Gasteiger partial charge on any atom is -0.396 e. The smallest absolute Gasteiger partial charge is 0.117 e. The second-order valence-corrected chi connectivity index (χ2v) is 7.62. The van der Waals surface area contributed by atoms with Gasteiger partial charge < -0.3 is 9.74 Å². The highest BCUT2D eigenvalue weighted by Gasteiger charge is 2.10. The standard InChI is InChI=1S/C22H28Cl2N2O/c1-26(2)16-7-8-17-27-25-22(19-12-4-6-14-21(19)24)15-9-11-18-10-3-5-13-20(18)23/h3-6,10,12-14H,7-9,11,15-17H2,1-2H3/b25-22+. The van der Waals surface area contributed by atoms with Gasteiger partial charge in [-0.25, -0.2) is 0 Å². The number of benzene rings is 2. The van der Waals surface area contributed by atoms with Crippen LogP contribution >= 0.6 is 23.2 Å². The molecule has 2 rings (SSSR count). The van der Waals surface area contributed by atoms with E-state index < -0.39 is 0 Å². The molecule has 0 fully saturated rings. The molecule has 2 aromatic carbocycles. The van der Waals surface area contributed by atoms with Gasteiger partial charge in [-0.05, 0) is 70.4 Å². The molecule has 0 bridgehead atoms. The topological polar surface area (TPSA) is 24.8 Å². The molecule has 3 nitrogen and oxygen atoms in total. The van der Waals surface area contributed by atoms with Gasteiger partial charge in [-0.2, -0.15) is 0 Å². The summed E-state index contributed by atoms with van der Waals surface area (Å²) >= 11 is 12.6. The normalized spacial score (nSPS) is 11.8. The molecule has 0 aliphatic rings. The maximum Gasteiger partial charge on any atom is 0.117 e. The van der Waals surface area contributed by atoms with E-state index in [2.05, 4.69) is 30.2 Å². The van der Waals surface area contributed by atoms with E-state index in [4.69, 9.17) is 28.0 Å². The Balaban J connectivity index is 1.94. The van der Waals surface area contributed by atoms with Crippen LogP contribution in [0.5, 0.6) is 0 Å². The zero-order chi connectivity index (χ0) is 19.5. The van der Waals surface area contributed by atoms with E-state index in [1.54, 1.807) is 0 Å². The highest BCUT2D eigenvalue weighted by atomic mass is 35.5. The molecule has 0 saturated heterocycles. The third-order valence-electron chi connectivity index (χ3n) is 4.27. The number of aryl methyl sites for hydroxylation is 1. The Hall–Kier alpha value is -1.55. The van der Waals surface area contributed by atoms with Crippen molar-refractivity contribution in [2.24, 2.45) is 5.16 Å². The average molecular weight is 407 g/mol. The summed E-state index contributed by atoms with van der Waals surface area (Å²) < 4.78 is 0. The monoisotopic (exact) mass is 406 g/mol. The van der Waals surface area contributed by atoms with Crippen molar-refractivity contribution in [2.45, 2.75) is 32.1 Å². The molecule has 27 heavy (non-hydrogen) atoms. The molecule has 5 heteroatoms. The fourth-order valence-corrected chi connectivity index (χ4v) is 3.27. The van der Waals surface area contributed by atoms with E-state index in [9.17, 15) is 0 Å². The van der Waals surface area contributed by atoms with Crippen LogP contribution in [0.1, 0.15) is 36.8 Å². The van der Waals surface area contributed by atoms with Crippen molar-refractivity contribution in [2.75, 3.05) is 27.2 Å². The second kappa shape index (κ2) is 12.0. The molecule has 2 aromatic rings. The van der Waals surface area contributed by atoms with Gasteiger partial charge in [0, 0.05) is 15.6 Å². The lowest BCUT2D eigenvalue weighted by Crippen LogP contribution is -2.13. The van der Waals surface area contributed by atoms with Crippen LogP contribution in [0.25, 0.3) is 0 Å². The molecule has 0 aliphatic heterocycles. The Bertz CT molecular complexity index is 732. The molecule has 146 valence electrons. The fourth-order valence-electron chi connectivity index (χ4n) is 2.79. The molecule has 0 aliphatic carbocycles. The Kier molecular flexibility index (Phi) is 9.68. The highest BCUT2D eigenvalue weighted by Crippen LogP contribution is 2.21. The average Bonchev–Trinajstić information content (AvgIpc) is 2.65. The number of nitrogens with zero attached hydrogens (tertiary/aromatic N) is 2. The van der Waals surface area contributed by atoms with Crippen LogP contribution in [-0.4, -0.2) is 37.9 Å². The molecule has 0 heterocycles. The maximum absolute atomic E-state index is 6.37. The van der Waals surface area contributed by atoms with Gasteiger partial charge in [-0.3, -0.25) is 0 Å². The van der Waals surface area contributed by atoms with Crippen LogP contribution in [0.2, 0.25) is 10.0 Å². The van der Waals surface area contributed by atoms with E-state index in [-0.39, 0.29) is 0 Å². The van der Waals surface area contributed by atoms with Crippen molar-refractivity contribution in [1.82, 2.24) is 4.90 Å². The number of hydrogen-bond donors (Lipinski definition) is 0. The summed E-state index contributed by atoms with van der Waals surface area (Å²) in [5.74, 6) is 0. The number of halogens is 2. The first-order chi connectivity index (χ1) is 13.1. The van der Waals surface area contributed by atoms with Crippen molar-refractivity contribution in [3.63, 3.8) is 0 Å². The lowest BCUT2D eigenvalue weighted by Gasteiger charge is -2.10. The lowest BCUT2D eigenvalue weighted by atomic mass is 10.0. The Morgan fingerprint density at radius 3 is 2.33 bits per heavy atom. The van der Waals surface area contributed by atoms with Crippen molar-refractivity contribution in [3.8, 4) is 0 Å². The van der Waals surface area contributed by atoms with Gasteiger partial charge in [0.2, 0.25) is 0 Å². The number of unbranched alkanes of at least 4 members (excludes halogenated alkanes) is 1. The molecule has 0 radical (unpaired) electrons. The lowest BCUT2D eigenvalue weighted by molar-refractivity contribution is 0.137. The van der Waals surface area contributed by atoms with E-state index >= 15 is 0 Å². The third kappa shape index (κ3) is 7.92. The number of hydrogen-bond acceptors (Lipinski definition) is 3. The summed E-state index contributed by atoms with van der Waals surface area (Å²) in [6, 6.07) is 15.7. The third-order valence-corrected chi connectivity index (χ3v) is 4.97. The second-order valence-electron chi connectivity index (χ2n) is 6.81. The highest BCUT2D eigenvalue weighted by molar-refractivity contribution is 6.34. The zero-order valence-corrected chi connectivity index (χ0v) is 17.6. The van der Waals surface area contributed by atoms with E-state index in [1.165, 1.54) is 0 Å². The van der Waals surface area contributed by atoms with Gasteiger partial charge in [0.15, 0.2) is 0 Å². The minimum atomic E-state index is 0.617. The van der Waals surface area contributed by atoms with Crippen LogP contribution < -0.4 is 0 Å². The first-order valence-electron chi connectivity index (χ1n) is 9.40. The van der Waals surface area contributed by atoms with Crippen LogP contribution in [0.15, 0.2) is 53.7 Å². The molecule has 0 aromatic heterocycles. The Morgan fingerprint density at radius 1 is 0.926 bits per heavy atom. The van der Waals surface area contributed by atoms with Gasteiger partial charge in [-0.15, -0.1) is 0 Å². The molecule has 0 saturated carbocycles. The Labute approximate surface area is 172 Å². The van der Waals surface area contributed by atoms with Crippen LogP contribution in [0.4, 0.5) is 0 Å². The van der Waals surface area contributed by atoms with Gasteiger partial charge >= 0.3 is 0 Å². The number of oxime groups is 1. The summed E-state index contributed by atoms with van der Waals surface area (Å²) in [6.07, 6.45) is 4.68. The van der Waals surface area contributed by atoms with Gasteiger partial charge in [0.05, 0.1) is 5.71 Å². The van der Waals surface area contributed by atoms with Crippen molar-refractivity contribution in [1.29, 1.82) is 0 Å². The summed E-state index contributed by atoms with van der Waals surface area (Å²) in [5, 5.41) is 5.92. The molecule has 0 spiro atoms. The van der Waals surface area contributed by atoms with Crippen LogP contribution in [0, 0.1) is 0 Å². The Morgan fingerprint density at radius 2 is 1.63 bits per heavy atom. The van der Waals surface area contributed by atoms with Gasteiger partial charge in [0.1, 0.15) is 6.61 Å².